The molecule has 0 aliphatic carbocycles. The third kappa shape index (κ3) is 2.71. The van der Waals surface area contributed by atoms with Gasteiger partial charge in [-0.1, -0.05) is 0 Å². The van der Waals surface area contributed by atoms with Crippen LogP contribution in [0.25, 0.3) is 0 Å². The molecule has 0 amide bonds. The molecule has 0 saturated carbocycles. The Hall–Kier alpha value is -0.410. The van der Waals surface area contributed by atoms with Gasteiger partial charge in [0.05, 0.1) is 6.04 Å². The second kappa shape index (κ2) is 3.57. The standard InChI is InChI=1S/C5H11NO2/c1-4(8)5(6)2-3-7/h5,7H,2-3,6H2,1H3. The lowest BCUT2D eigenvalue weighted by atomic mass is 10.2. The Labute approximate surface area is 48.5 Å². The lowest BCUT2D eigenvalue weighted by molar-refractivity contribution is -0.118. The van der Waals surface area contributed by atoms with E-state index in [0.29, 0.717) is 6.42 Å². The number of nitrogens with two attached hydrogens (primary N) is 1. The number of rotatable bonds is 3. The summed E-state index contributed by atoms with van der Waals surface area (Å²) in [6.45, 7) is 1.40. The van der Waals surface area contributed by atoms with Crippen molar-refractivity contribution in [3.63, 3.8) is 0 Å². The van der Waals surface area contributed by atoms with Gasteiger partial charge in [0.1, 0.15) is 5.78 Å². The fourth-order valence-electron chi connectivity index (χ4n) is 0.342. The summed E-state index contributed by atoms with van der Waals surface area (Å²) >= 11 is 0. The minimum absolute atomic E-state index is 0.0131. The van der Waals surface area contributed by atoms with E-state index >= 15 is 0 Å². The number of hydrogen-bond acceptors (Lipinski definition) is 3. The van der Waals surface area contributed by atoms with Crippen LogP contribution in [0, 0.1) is 0 Å². The number of carbonyl (C=O) groups is 1. The van der Waals surface area contributed by atoms with E-state index in [0.717, 1.165) is 0 Å². The van der Waals surface area contributed by atoms with E-state index in [2.05, 4.69) is 0 Å². The molecule has 0 rings (SSSR count). The molecule has 0 fully saturated rings. The molecule has 0 heterocycles. The van der Waals surface area contributed by atoms with Gasteiger partial charge in [0, 0.05) is 6.61 Å². The molecule has 1 unspecified atom stereocenters. The van der Waals surface area contributed by atoms with Gasteiger partial charge >= 0.3 is 0 Å². The van der Waals surface area contributed by atoms with Crippen LogP contribution in [0.3, 0.4) is 0 Å². The molecular formula is C5H11NO2. The topological polar surface area (TPSA) is 63.3 Å². The fourth-order valence-corrected chi connectivity index (χ4v) is 0.342. The molecular weight excluding hydrogens is 106 g/mol. The summed E-state index contributed by atoms with van der Waals surface area (Å²) in [5, 5.41) is 8.25. The number of carbonyl (C=O) groups excluding carboxylic acids is 1. The van der Waals surface area contributed by atoms with Crippen LogP contribution in [0.4, 0.5) is 0 Å². The molecule has 0 aliphatic rings. The smallest absolute Gasteiger partial charge is 0.146 e. The van der Waals surface area contributed by atoms with Crippen LogP contribution >= 0.6 is 0 Å². The number of aliphatic hydroxyl groups excluding tert-OH is 1. The minimum atomic E-state index is -0.472. The van der Waals surface area contributed by atoms with Crippen molar-refractivity contribution in [3.8, 4) is 0 Å². The Morgan fingerprint density at radius 2 is 2.38 bits per heavy atom. The summed E-state index contributed by atoms with van der Waals surface area (Å²) in [5.41, 5.74) is 5.22. The van der Waals surface area contributed by atoms with Gasteiger partial charge in [-0.15, -0.1) is 0 Å². The van der Waals surface area contributed by atoms with Gasteiger partial charge in [-0.2, -0.15) is 0 Å². The third-order valence-electron chi connectivity index (χ3n) is 0.962. The maximum Gasteiger partial charge on any atom is 0.146 e. The van der Waals surface area contributed by atoms with Gasteiger partial charge in [-0.25, -0.2) is 0 Å². The highest BCUT2D eigenvalue weighted by Gasteiger charge is 2.04. The lowest BCUT2D eigenvalue weighted by Crippen LogP contribution is -2.28. The molecule has 8 heavy (non-hydrogen) atoms. The summed E-state index contributed by atoms with van der Waals surface area (Å²) < 4.78 is 0. The molecule has 0 radical (unpaired) electrons. The van der Waals surface area contributed by atoms with Gasteiger partial charge in [0.2, 0.25) is 0 Å². The van der Waals surface area contributed by atoms with Gasteiger partial charge in [-0.3, -0.25) is 4.79 Å². The molecule has 0 aliphatic heterocycles. The lowest BCUT2D eigenvalue weighted by Gasteiger charge is -2.01. The van der Waals surface area contributed by atoms with Crippen LogP contribution in [0.5, 0.6) is 0 Å². The molecule has 3 N–H and O–H groups in total. The molecule has 0 aromatic rings. The predicted molar refractivity (Wildman–Crippen MR) is 30.4 cm³/mol. The highest BCUT2D eigenvalue weighted by Crippen LogP contribution is 1.85. The molecule has 0 aromatic heterocycles. The van der Waals surface area contributed by atoms with Gasteiger partial charge in [-0.05, 0) is 13.3 Å². The molecule has 1 atom stereocenters. The molecule has 0 bridgehead atoms. The number of aliphatic hydroxyl groups is 1. The summed E-state index contributed by atoms with van der Waals surface area (Å²) in [4.78, 5) is 10.3. The predicted octanol–water partition coefficient (Wildman–Crippen LogP) is -0.715. The maximum atomic E-state index is 10.3. The summed E-state index contributed by atoms with van der Waals surface area (Å²) in [5.74, 6) is -0.0703. The van der Waals surface area contributed by atoms with Crippen molar-refractivity contribution in [2.24, 2.45) is 5.73 Å². The summed E-state index contributed by atoms with van der Waals surface area (Å²) in [6.07, 6.45) is 0.370. The first-order valence-electron chi connectivity index (χ1n) is 2.55. The number of ketones is 1. The van der Waals surface area contributed by atoms with E-state index in [4.69, 9.17) is 10.8 Å². The summed E-state index contributed by atoms with van der Waals surface area (Å²) in [7, 11) is 0. The molecule has 48 valence electrons. The van der Waals surface area contributed by atoms with Crippen molar-refractivity contribution < 1.29 is 9.90 Å². The van der Waals surface area contributed by atoms with Gasteiger partial charge in [0.15, 0.2) is 0 Å². The van der Waals surface area contributed by atoms with Crippen LogP contribution in [-0.4, -0.2) is 23.5 Å². The van der Waals surface area contributed by atoms with Crippen LogP contribution in [0.1, 0.15) is 13.3 Å². The van der Waals surface area contributed by atoms with E-state index in [1.807, 2.05) is 0 Å². The zero-order valence-corrected chi connectivity index (χ0v) is 4.92. The van der Waals surface area contributed by atoms with Crippen molar-refractivity contribution in [1.29, 1.82) is 0 Å². The molecule has 3 heteroatoms. The van der Waals surface area contributed by atoms with Gasteiger partial charge < -0.3 is 10.8 Å². The zero-order valence-electron chi connectivity index (χ0n) is 4.92. The Morgan fingerprint density at radius 1 is 1.88 bits per heavy atom. The van der Waals surface area contributed by atoms with Crippen molar-refractivity contribution >= 4 is 5.78 Å². The first-order chi connectivity index (χ1) is 3.68. The van der Waals surface area contributed by atoms with Crippen molar-refractivity contribution in [1.82, 2.24) is 0 Å². The Bertz CT molecular complexity index is 82.5. The summed E-state index contributed by atoms with van der Waals surface area (Å²) in [6, 6.07) is -0.472. The Balaban J connectivity index is 3.32. The SMILES string of the molecule is CC(=O)C(N)CCO. The molecule has 0 spiro atoms. The number of Topliss-reactive ketones (excluding diaryl/α,β-unsaturated/α-hetero) is 1. The first kappa shape index (κ1) is 7.59. The van der Waals surface area contributed by atoms with E-state index < -0.39 is 6.04 Å². The van der Waals surface area contributed by atoms with E-state index in [1.54, 1.807) is 0 Å². The van der Waals surface area contributed by atoms with Crippen molar-refractivity contribution in [3.05, 3.63) is 0 Å². The van der Waals surface area contributed by atoms with E-state index in [-0.39, 0.29) is 12.4 Å². The Morgan fingerprint density at radius 3 is 2.50 bits per heavy atom. The molecule has 0 saturated heterocycles. The van der Waals surface area contributed by atoms with Crippen LogP contribution in [0.15, 0.2) is 0 Å². The largest absolute Gasteiger partial charge is 0.396 e. The van der Waals surface area contributed by atoms with E-state index in [9.17, 15) is 4.79 Å². The van der Waals surface area contributed by atoms with Crippen LogP contribution in [-0.2, 0) is 4.79 Å². The second-order valence-corrected chi connectivity index (χ2v) is 1.73. The average Bonchev–Trinajstić information content (AvgIpc) is 1.67. The number of hydrogen-bond donors (Lipinski definition) is 2. The highest BCUT2D eigenvalue weighted by molar-refractivity contribution is 5.81. The van der Waals surface area contributed by atoms with Gasteiger partial charge in [0.25, 0.3) is 0 Å². The van der Waals surface area contributed by atoms with Crippen molar-refractivity contribution in [2.75, 3.05) is 6.61 Å². The first-order valence-corrected chi connectivity index (χ1v) is 2.55. The monoisotopic (exact) mass is 117 g/mol. The third-order valence-corrected chi connectivity index (χ3v) is 0.962. The fraction of sp³-hybridized carbons (Fsp3) is 0.800. The normalized spacial score (nSPS) is 13.4. The quantitative estimate of drug-likeness (QED) is 0.513. The Kier molecular flexibility index (Phi) is 3.39. The second-order valence-electron chi connectivity index (χ2n) is 1.73. The van der Waals surface area contributed by atoms with Crippen LogP contribution in [0.2, 0.25) is 0 Å². The zero-order chi connectivity index (χ0) is 6.57. The van der Waals surface area contributed by atoms with Crippen molar-refractivity contribution in [2.45, 2.75) is 19.4 Å². The maximum absolute atomic E-state index is 10.3. The van der Waals surface area contributed by atoms with E-state index in [1.165, 1.54) is 6.92 Å². The molecule has 0 aromatic carbocycles. The molecule has 3 nitrogen and oxygen atoms in total. The van der Waals surface area contributed by atoms with Crippen LogP contribution < -0.4 is 5.73 Å². The average molecular weight is 117 g/mol. The minimum Gasteiger partial charge on any atom is -0.396 e. The highest BCUT2D eigenvalue weighted by atomic mass is 16.3.